The van der Waals surface area contributed by atoms with Gasteiger partial charge in [0.15, 0.2) is 0 Å². The third-order valence-electron chi connectivity index (χ3n) is 7.06. The first-order valence-corrected chi connectivity index (χ1v) is 12.9. The Balaban J connectivity index is 1.11. The molecule has 0 radical (unpaired) electrons. The minimum absolute atomic E-state index is 0.0314. The molecule has 0 bridgehead atoms. The van der Waals surface area contributed by atoms with Crippen LogP contribution in [0.2, 0.25) is 0 Å². The number of rotatable bonds is 8. The topological polar surface area (TPSA) is 75.1 Å². The Morgan fingerprint density at radius 3 is 2.53 bits per heavy atom. The number of hydrogen-bond acceptors (Lipinski definition) is 5. The molecule has 1 amide bonds. The molecule has 2 aromatic carbocycles. The van der Waals surface area contributed by atoms with Gasteiger partial charge in [0.25, 0.3) is 0 Å². The first kappa shape index (κ1) is 22.6. The van der Waals surface area contributed by atoms with Gasteiger partial charge in [-0.2, -0.15) is 4.98 Å². The standard InChI is InChI=1S/C29H32N6O/c1-20-16-27(33-29(30-20)34-14-4-5-15-34)31-23-10-12-24(13-11-23)32-28(36)19-35-18-22(17-21-8-9-21)25-6-2-3-7-26(25)35/h2-3,6-7,10-13,16,18,21H,4-5,8-9,14-15,17,19H2,1H3,(H,32,36)(H,30,31,33). The number of carbonyl (C=O) groups is 1. The van der Waals surface area contributed by atoms with Crippen LogP contribution in [0.5, 0.6) is 0 Å². The summed E-state index contributed by atoms with van der Waals surface area (Å²) in [6, 6.07) is 18.1. The summed E-state index contributed by atoms with van der Waals surface area (Å²) in [5.74, 6) is 2.35. The van der Waals surface area contributed by atoms with Gasteiger partial charge in [0.05, 0.1) is 0 Å². The molecule has 1 saturated carbocycles. The fraction of sp³-hybridized carbons (Fsp3) is 0.345. The van der Waals surface area contributed by atoms with Crippen molar-refractivity contribution >= 4 is 40.0 Å². The lowest BCUT2D eigenvalue weighted by molar-refractivity contribution is -0.116. The third kappa shape index (κ3) is 5.05. The molecule has 2 fully saturated rings. The first-order chi connectivity index (χ1) is 17.6. The maximum absolute atomic E-state index is 12.9. The van der Waals surface area contributed by atoms with Crippen molar-refractivity contribution in [1.82, 2.24) is 14.5 Å². The van der Waals surface area contributed by atoms with E-state index in [1.165, 1.54) is 36.6 Å². The second-order valence-corrected chi connectivity index (χ2v) is 10.1. The number of aromatic nitrogens is 3. The van der Waals surface area contributed by atoms with Gasteiger partial charge < -0.3 is 20.1 Å². The molecule has 1 saturated heterocycles. The van der Waals surface area contributed by atoms with E-state index in [9.17, 15) is 4.79 Å². The molecule has 0 spiro atoms. The molecule has 184 valence electrons. The zero-order valence-corrected chi connectivity index (χ0v) is 20.7. The van der Waals surface area contributed by atoms with Crippen molar-refractivity contribution in [2.45, 2.75) is 45.6 Å². The Kier molecular flexibility index (Phi) is 6.05. The molecular weight excluding hydrogens is 448 g/mol. The van der Waals surface area contributed by atoms with Crippen LogP contribution in [0.3, 0.4) is 0 Å². The van der Waals surface area contributed by atoms with Crippen molar-refractivity contribution in [2.24, 2.45) is 5.92 Å². The van der Waals surface area contributed by atoms with E-state index in [4.69, 9.17) is 4.98 Å². The van der Waals surface area contributed by atoms with Crippen molar-refractivity contribution in [3.8, 4) is 0 Å². The third-order valence-corrected chi connectivity index (χ3v) is 7.06. The summed E-state index contributed by atoms with van der Waals surface area (Å²) in [5.41, 5.74) is 5.10. The second kappa shape index (κ2) is 9.64. The number of carbonyl (C=O) groups excluding carboxylic acids is 1. The SMILES string of the molecule is Cc1cc(Nc2ccc(NC(=O)Cn3cc(CC4CC4)c4ccccc43)cc2)nc(N2CCCC2)n1. The molecule has 1 aliphatic carbocycles. The van der Waals surface area contributed by atoms with E-state index in [2.05, 4.69) is 49.5 Å². The minimum atomic E-state index is -0.0314. The summed E-state index contributed by atoms with van der Waals surface area (Å²) in [6.07, 6.45) is 8.29. The van der Waals surface area contributed by atoms with Crippen LogP contribution in [0.25, 0.3) is 10.9 Å². The quantitative estimate of drug-likeness (QED) is 0.340. The Morgan fingerprint density at radius 1 is 1.00 bits per heavy atom. The molecule has 0 atom stereocenters. The number of benzene rings is 2. The van der Waals surface area contributed by atoms with Gasteiger partial charge in [0.2, 0.25) is 11.9 Å². The number of anilines is 4. The van der Waals surface area contributed by atoms with Crippen molar-refractivity contribution < 1.29 is 4.79 Å². The number of para-hydroxylation sites is 1. The summed E-state index contributed by atoms with van der Waals surface area (Å²) < 4.78 is 2.08. The molecule has 7 heteroatoms. The molecule has 4 aromatic rings. The van der Waals surface area contributed by atoms with Crippen LogP contribution >= 0.6 is 0 Å². The Morgan fingerprint density at radius 2 is 1.75 bits per heavy atom. The molecule has 36 heavy (non-hydrogen) atoms. The lowest BCUT2D eigenvalue weighted by Crippen LogP contribution is -2.21. The van der Waals surface area contributed by atoms with Crippen LogP contribution < -0.4 is 15.5 Å². The average molecular weight is 481 g/mol. The number of nitrogens with one attached hydrogen (secondary N) is 2. The minimum Gasteiger partial charge on any atom is -0.341 e. The molecule has 2 aromatic heterocycles. The molecule has 7 nitrogen and oxygen atoms in total. The van der Waals surface area contributed by atoms with Crippen molar-refractivity contribution in [1.29, 1.82) is 0 Å². The predicted molar refractivity (Wildman–Crippen MR) is 145 cm³/mol. The highest BCUT2D eigenvalue weighted by Gasteiger charge is 2.23. The van der Waals surface area contributed by atoms with Crippen LogP contribution in [0.4, 0.5) is 23.1 Å². The fourth-order valence-electron chi connectivity index (χ4n) is 5.06. The number of nitrogens with zero attached hydrogens (tertiary/aromatic N) is 4. The van der Waals surface area contributed by atoms with Gasteiger partial charge >= 0.3 is 0 Å². The molecular formula is C29H32N6O. The Labute approximate surface area is 211 Å². The maximum Gasteiger partial charge on any atom is 0.244 e. The average Bonchev–Trinajstić information content (AvgIpc) is 3.39. The van der Waals surface area contributed by atoms with E-state index in [1.54, 1.807) is 0 Å². The van der Waals surface area contributed by atoms with Gasteiger partial charge in [0.1, 0.15) is 12.4 Å². The number of hydrogen-bond donors (Lipinski definition) is 2. The van der Waals surface area contributed by atoms with Gasteiger partial charge in [-0.05, 0) is 80.8 Å². The lowest BCUT2D eigenvalue weighted by Gasteiger charge is -2.17. The predicted octanol–water partition coefficient (Wildman–Crippen LogP) is 5.67. The van der Waals surface area contributed by atoms with Crippen LogP contribution in [0.15, 0.2) is 60.8 Å². The van der Waals surface area contributed by atoms with Crippen LogP contribution in [-0.4, -0.2) is 33.5 Å². The van der Waals surface area contributed by atoms with Crippen LogP contribution in [0.1, 0.15) is 36.9 Å². The fourth-order valence-corrected chi connectivity index (χ4v) is 5.06. The number of aryl methyl sites for hydroxylation is 1. The highest BCUT2D eigenvalue weighted by molar-refractivity contribution is 5.92. The summed E-state index contributed by atoms with van der Waals surface area (Å²) in [4.78, 5) is 24.4. The summed E-state index contributed by atoms with van der Waals surface area (Å²) in [6.45, 7) is 4.31. The molecule has 2 N–H and O–H groups in total. The molecule has 6 rings (SSSR count). The highest BCUT2D eigenvalue weighted by atomic mass is 16.1. The van der Waals surface area contributed by atoms with E-state index in [0.717, 1.165) is 59.8 Å². The Hall–Kier alpha value is -3.87. The largest absolute Gasteiger partial charge is 0.341 e. The molecule has 0 unspecified atom stereocenters. The van der Waals surface area contributed by atoms with Gasteiger partial charge in [-0.15, -0.1) is 0 Å². The van der Waals surface area contributed by atoms with E-state index in [1.807, 2.05) is 43.3 Å². The summed E-state index contributed by atoms with van der Waals surface area (Å²) in [5, 5.41) is 7.69. The summed E-state index contributed by atoms with van der Waals surface area (Å²) >= 11 is 0. The smallest absolute Gasteiger partial charge is 0.244 e. The zero-order valence-electron chi connectivity index (χ0n) is 20.7. The zero-order chi connectivity index (χ0) is 24.5. The number of amides is 1. The van der Waals surface area contributed by atoms with E-state index < -0.39 is 0 Å². The Bertz CT molecular complexity index is 1380. The van der Waals surface area contributed by atoms with E-state index in [0.29, 0.717) is 6.54 Å². The van der Waals surface area contributed by atoms with E-state index >= 15 is 0 Å². The van der Waals surface area contributed by atoms with Gasteiger partial charge in [-0.1, -0.05) is 18.2 Å². The normalized spacial score (nSPS) is 15.4. The van der Waals surface area contributed by atoms with Crippen molar-refractivity contribution in [3.63, 3.8) is 0 Å². The van der Waals surface area contributed by atoms with Crippen molar-refractivity contribution in [3.05, 3.63) is 72.1 Å². The maximum atomic E-state index is 12.9. The van der Waals surface area contributed by atoms with Gasteiger partial charge in [0, 0.05) is 53.3 Å². The lowest BCUT2D eigenvalue weighted by atomic mass is 10.1. The first-order valence-electron chi connectivity index (χ1n) is 12.9. The monoisotopic (exact) mass is 480 g/mol. The second-order valence-electron chi connectivity index (χ2n) is 10.1. The number of fused-ring (bicyclic) bond motifs is 1. The van der Waals surface area contributed by atoms with Gasteiger partial charge in [-0.25, -0.2) is 4.98 Å². The molecule has 2 aliphatic rings. The summed E-state index contributed by atoms with van der Waals surface area (Å²) in [7, 11) is 0. The van der Waals surface area contributed by atoms with Crippen LogP contribution in [0, 0.1) is 12.8 Å². The van der Waals surface area contributed by atoms with Gasteiger partial charge in [-0.3, -0.25) is 4.79 Å². The van der Waals surface area contributed by atoms with Crippen LogP contribution in [-0.2, 0) is 17.8 Å². The van der Waals surface area contributed by atoms with E-state index in [-0.39, 0.29) is 5.91 Å². The molecule has 3 heterocycles. The molecule has 1 aliphatic heterocycles. The van der Waals surface area contributed by atoms with Crippen molar-refractivity contribution in [2.75, 3.05) is 28.6 Å². The highest BCUT2D eigenvalue weighted by Crippen LogP contribution is 2.35.